The molecule has 0 saturated heterocycles. The maximum Gasteiger partial charge on any atom is 0.153 e. The first-order valence-corrected chi connectivity index (χ1v) is 6.23. The van der Waals surface area contributed by atoms with Crippen molar-refractivity contribution in [1.29, 1.82) is 0 Å². The van der Waals surface area contributed by atoms with E-state index in [-0.39, 0.29) is 11.5 Å². The van der Waals surface area contributed by atoms with Gasteiger partial charge in [-0.1, -0.05) is 17.3 Å². The van der Waals surface area contributed by atoms with Crippen LogP contribution in [0.1, 0.15) is 5.56 Å². The van der Waals surface area contributed by atoms with Crippen LogP contribution < -0.4 is 5.73 Å². The maximum atomic E-state index is 11.0. The monoisotopic (exact) mass is 228 g/mol. The second-order valence-electron chi connectivity index (χ2n) is 3.24. The van der Waals surface area contributed by atoms with Crippen LogP contribution >= 0.6 is 0 Å². The molecule has 0 atom stereocenters. The first kappa shape index (κ1) is 11.5. The van der Waals surface area contributed by atoms with Crippen LogP contribution in [-0.2, 0) is 9.84 Å². The molecule has 15 heavy (non-hydrogen) atoms. The van der Waals surface area contributed by atoms with Crippen LogP contribution in [-0.4, -0.2) is 31.3 Å². The van der Waals surface area contributed by atoms with E-state index in [1.54, 1.807) is 24.3 Å². The summed E-state index contributed by atoms with van der Waals surface area (Å²) >= 11 is 0. The molecule has 1 rings (SSSR count). The standard InChI is InChI=1S/C9H12N2O3S/c1-15(13,14)6-9(11-12)7-3-2-4-8(10)5-7/h2-5,12H,6,10H2,1H3/b11-9-. The Morgan fingerprint density at radius 2 is 2.20 bits per heavy atom. The van der Waals surface area contributed by atoms with Gasteiger partial charge in [0.2, 0.25) is 0 Å². The number of anilines is 1. The Kier molecular flexibility index (Phi) is 3.31. The SMILES string of the molecule is CS(=O)(=O)C/C(=N/O)c1cccc(N)c1. The largest absolute Gasteiger partial charge is 0.411 e. The number of rotatable bonds is 3. The minimum absolute atomic E-state index is 0.0878. The molecule has 0 amide bonds. The number of nitrogens with two attached hydrogens (primary N) is 1. The second-order valence-corrected chi connectivity index (χ2v) is 5.38. The number of benzene rings is 1. The van der Waals surface area contributed by atoms with Gasteiger partial charge in [-0.15, -0.1) is 0 Å². The molecule has 0 aromatic heterocycles. The lowest BCUT2D eigenvalue weighted by atomic mass is 10.1. The lowest BCUT2D eigenvalue weighted by Crippen LogP contribution is -2.16. The summed E-state index contributed by atoms with van der Waals surface area (Å²) in [5.41, 5.74) is 6.61. The third kappa shape index (κ3) is 3.59. The van der Waals surface area contributed by atoms with Gasteiger partial charge in [-0.05, 0) is 12.1 Å². The number of sulfone groups is 1. The summed E-state index contributed by atoms with van der Waals surface area (Å²) in [6.45, 7) is 0. The Labute approximate surface area is 88.1 Å². The van der Waals surface area contributed by atoms with Gasteiger partial charge in [0.25, 0.3) is 0 Å². The Morgan fingerprint density at radius 3 is 2.67 bits per heavy atom. The topological polar surface area (TPSA) is 92.8 Å². The fourth-order valence-corrected chi connectivity index (χ4v) is 1.86. The zero-order valence-electron chi connectivity index (χ0n) is 8.21. The fraction of sp³-hybridized carbons (Fsp3) is 0.222. The number of hydrogen-bond acceptors (Lipinski definition) is 5. The number of hydrogen-bond donors (Lipinski definition) is 2. The summed E-state index contributed by atoms with van der Waals surface area (Å²) in [6.07, 6.45) is 1.07. The van der Waals surface area contributed by atoms with E-state index in [0.29, 0.717) is 11.3 Å². The van der Waals surface area contributed by atoms with E-state index in [0.717, 1.165) is 6.26 Å². The van der Waals surface area contributed by atoms with Crippen molar-refractivity contribution >= 4 is 21.2 Å². The van der Waals surface area contributed by atoms with Crippen LogP contribution in [0.4, 0.5) is 5.69 Å². The first-order valence-electron chi connectivity index (χ1n) is 4.17. The summed E-state index contributed by atoms with van der Waals surface area (Å²) in [5, 5.41) is 11.7. The molecule has 0 aliphatic heterocycles. The fourth-order valence-electron chi connectivity index (χ4n) is 1.14. The average Bonchev–Trinajstić information content (AvgIpc) is 2.13. The first-order chi connectivity index (χ1) is 6.92. The van der Waals surface area contributed by atoms with Crippen molar-refractivity contribution in [2.45, 2.75) is 0 Å². The van der Waals surface area contributed by atoms with Crippen LogP contribution in [0.15, 0.2) is 29.4 Å². The van der Waals surface area contributed by atoms with Crippen molar-refractivity contribution in [3.05, 3.63) is 29.8 Å². The predicted molar refractivity (Wildman–Crippen MR) is 58.9 cm³/mol. The molecule has 0 fully saturated rings. The molecular formula is C9H12N2O3S. The summed E-state index contributed by atoms with van der Waals surface area (Å²) in [6, 6.07) is 6.52. The Morgan fingerprint density at radius 1 is 1.53 bits per heavy atom. The van der Waals surface area contributed by atoms with E-state index in [1.807, 2.05) is 0 Å². The summed E-state index contributed by atoms with van der Waals surface area (Å²) in [5.74, 6) is -0.313. The van der Waals surface area contributed by atoms with Gasteiger partial charge < -0.3 is 10.9 Å². The normalized spacial score (nSPS) is 12.7. The molecule has 1 aromatic carbocycles. The van der Waals surface area contributed by atoms with Gasteiger partial charge in [0.1, 0.15) is 5.71 Å². The van der Waals surface area contributed by atoms with Gasteiger partial charge in [-0.3, -0.25) is 0 Å². The highest BCUT2D eigenvalue weighted by molar-refractivity contribution is 7.91. The van der Waals surface area contributed by atoms with Crippen LogP contribution in [0.3, 0.4) is 0 Å². The molecule has 0 saturated carbocycles. The quantitative estimate of drug-likeness (QED) is 0.341. The van der Waals surface area contributed by atoms with Gasteiger partial charge in [-0.25, -0.2) is 8.42 Å². The van der Waals surface area contributed by atoms with E-state index in [9.17, 15) is 8.42 Å². The molecular weight excluding hydrogens is 216 g/mol. The molecule has 0 bridgehead atoms. The molecule has 6 heteroatoms. The highest BCUT2D eigenvalue weighted by atomic mass is 32.2. The molecule has 0 aliphatic rings. The molecule has 0 heterocycles. The van der Waals surface area contributed by atoms with E-state index in [2.05, 4.69) is 5.16 Å². The van der Waals surface area contributed by atoms with E-state index in [4.69, 9.17) is 10.9 Å². The smallest absolute Gasteiger partial charge is 0.153 e. The number of nitrogens with zero attached hydrogens (tertiary/aromatic N) is 1. The molecule has 5 nitrogen and oxygen atoms in total. The van der Waals surface area contributed by atoms with Gasteiger partial charge in [0, 0.05) is 17.5 Å². The lowest BCUT2D eigenvalue weighted by molar-refractivity contribution is 0.319. The van der Waals surface area contributed by atoms with Gasteiger partial charge in [0.15, 0.2) is 9.84 Å². The maximum absolute atomic E-state index is 11.0. The molecule has 1 aromatic rings. The van der Waals surface area contributed by atoms with Crippen LogP contribution in [0.2, 0.25) is 0 Å². The highest BCUT2D eigenvalue weighted by Crippen LogP contribution is 2.09. The Balaban J connectivity index is 3.05. The van der Waals surface area contributed by atoms with Gasteiger partial charge in [-0.2, -0.15) is 0 Å². The molecule has 3 N–H and O–H groups in total. The van der Waals surface area contributed by atoms with E-state index < -0.39 is 9.84 Å². The average molecular weight is 228 g/mol. The molecule has 0 spiro atoms. The molecule has 0 aliphatic carbocycles. The predicted octanol–water partition coefficient (Wildman–Crippen LogP) is 0.492. The van der Waals surface area contributed by atoms with Gasteiger partial charge >= 0.3 is 0 Å². The van der Waals surface area contributed by atoms with Crippen LogP contribution in [0.5, 0.6) is 0 Å². The summed E-state index contributed by atoms with van der Waals surface area (Å²) < 4.78 is 22.1. The van der Waals surface area contributed by atoms with Crippen molar-refractivity contribution in [2.24, 2.45) is 5.16 Å². The zero-order valence-corrected chi connectivity index (χ0v) is 9.03. The Hall–Kier alpha value is -1.56. The lowest BCUT2D eigenvalue weighted by Gasteiger charge is -2.03. The zero-order chi connectivity index (χ0) is 11.5. The molecule has 0 radical (unpaired) electrons. The number of nitrogen functional groups attached to an aromatic ring is 1. The van der Waals surface area contributed by atoms with E-state index in [1.165, 1.54) is 0 Å². The van der Waals surface area contributed by atoms with Gasteiger partial charge in [0.05, 0.1) is 5.75 Å². The highest BCUT2D eigenvalue weighted by Gasteiger charge is 2.12. The third-order valence-electron chi connectivity index (χ3n) is 1.74. The third-order valence-corrected chi connectivity index (χ3v) is 2.54. The van der Waals surface area contributed by atoms with Crippen LogP contribution in [0.25, 0.3) is 0 Å². The number of oxime groups is 1. The van der Waals surface area contributed by atoms with Crippen molar-refractivity contribution in [1.82, 2.24) is 0 Å². The van der Waals surface area contributed by atoms with Crippen molar-refractivity contribution < 1.29 is 13.6 Å². The Bertz CT molecular complexity index is 480. The minimum atomic E-state index is -3.23. The van der Waals surface area contributed by atoms with Crippen molar-refractivity contribution in [3.8, 4) is 0 Å². The summed E-state index contributed by atoms with van der Waals surface area (Å²) in [7, 11) is -3.23. The summed E-state index contributed by atoms with van der Waals surface area (Å²) in [4.78, 5) is 0. The van der Waals surface area contributed by atoms with Crippen molar-refractivity contribution in [2.75, 3.05) is 17.7 Å². The second kappa shape index (κ2) is 4.31. The van der Waals surface area contributed by atoms with Crippen molar-refractivity contribution in [3.63, 3.8) is 0 Å². The minimum Gasteiger partial charge on any atom is -0.411 e. The molecule has 0 unspecified atom stereocenters. The van der Waals surface area contributed by atoms with E-state index >= 15 is 0 Å². The van der Waals surface area contributed by atoms with Crippen LogP contribution in [0, 0.1) is 0 Å². The molecule has 82 valence electrons.